The average Bonchev–Trinajstić information content (AvgIpc) is 2.68. The summed E-state index contributed by atoms with van der Waals surface area (Å²) in [5.41, 5.74) is 5.68. The summed E-state index contributed by atoms with van der Waals surface area (Å²) in [7, 11) is 0. The van der Waals surface area contributed by atoms with Crippen LogP contribution in [0.4, 0.5) is 9.18 Å². The number of benzene rings is 1. The third kappa shape index (κ3) is 2.49. The summed E-state index contributed by atoms with van der Waals surface area (Å²) < 4.78 is 17.7. The first-order valence-electron chi connectivity index (χ1n) is 5.13. The van der Waals surface area contributed by atoms with E-state index in [9.17, 15) is 9.18 Å². The normalized spacial score (nSPS) is 19.9. The highest BCUT2D eigenvalue weighted by atomic mass is 19.1. The zero-order chi connectivity index (χ0) is 11.5. The summed E-state index contributed by atoms with van der Waals surface area (Å²) in [5.74, 6) is -0.0186. The summed E-state index contributed by atoms with van der Waals surface area (Å²) in [6.07, 6.45) is 0.359. The molecule has 0 aliphatic carbocycles. The van der Waals surface area contributed by atoms with Crippen molar-refractivity contribution < 1.29 is 13.9 Å². The van der Waals surface area contributed by atoms with E-state index in [-0.39, 0.29) is 11.9 Å². The van der Waals surface area contributed by atoms with E-state index >= 15 is 0 Å². The lowest BCUT2D eigenvalue weighted by molar-refractivity contribution is 0.162. The van der Waals surface area contributed by atoms with Crippen LogP contribution in [0, 0.1) is 5.82 Å². The lowest BCUT2D eigenvalue weighted by atomic mass is 10.3. The molecule has 1 unspecified atom stereocenters. The zero-order valence-corrected chi connectivity index (χ0v) is 8.73. The van der Waals surface area contributed by atoms with E-state index < -0.39 is 6.09 Å². The van der Waals surface area contributed by atoms with E-state index in [0.29, 0.717) is 18.8 Å². The number of nitrogens with two attached hydrogens (primary N) is 1. The SMILES string of the molecule is NC1CCN(C(=O)Oc2ccc(F)cc2)C1. The molecule has 1 heterocycles. The Balaban J connectivity index is 1.94. The van der Waals surface area contributed by atoms with Crippen molar-refractivity contribution in [2.24, 2.45) is 5.73 Å². The molecule has 1 saturated heterocycles. The Morgan fingerprint density at radius 2 is 2.12 bits per heavy atom. The van der Waals surface area contributed by atoms with Crippen molar-refractivity contribution in [3.8, 4) is 5.75 Å². The number of hydrogen-bond acceptors (Lipinski definition) is 3. The largest absolute Gasteiger partial charge is 0.415 e. The first-order chi connectivity index (χ1) is 7.65. The molecule has 0 saturated carbocycles. The number of amides is 1. The predicted octanol–water partition coefficient (Wildman–Crippen LogP) is 1.36. The maximum Gasteiger partial charge on any atom is 0.415 e. The molecule has 1 aromatic carbocycles. The molecular weight excluding hydrogens is 211 g/mol. The molecule has 1 aliphatic rings. The maximum absolute atomic E-state index is 12.6. The van der Waals surface area contributed by atoms with Gasteiger partial charge in [-0.05, 0) is 30.7 Å². The minimum Gasteiger partial charge on any atom is -0.410 e. The molecule has 0 radical (unpaired) electrons. The first kappa shape index (κ1) is 10.9. The monoisotopic (exact) mass is 224 g/mol. The molecule has 2 N–H and O–H groups in total. The topological polar surface area (TPSA) is 55.6 Å². The van der Waals surface area contributed by atoms with E-state index in [1.165, 1.54) is 24.3 Å². The van der Waals surface area contributed by atoms with Gasteiger partial charge in [0.15, 0.2) is 0 Å². The second-order valence-corrected chi connectivity index (χ2v) is 3.82. The first-order valence-corrected chi connectivity index (χ1v) is 5.13. The van der Waals surface area contributed by atoms with E-state index in [4.69, 9.17) is 10.5 Å². The van der Waals surface area contributed by atoms with Crippen LogP contribution < -0.4 is 10.5 Å². The van der Waals surface area contributed by atoms with Crippen molar-refractivity contribution in [2.75, 3.05) is 13.1 Å². The van der Waals surface area contributed by atoms with Gasteiger partial charge in [0.25, 0.3) is 0 Å². The molecule has 5 heteroatoms. The van der Waals surface area contributed by atoms with Gasteiger partial charge in [-0.2, -0.15) is 0 Å². The molecule has 1 fully saturated rings. The molecule has 1 aliphatic heterocycles. The van der Waals surface area contributed by atoms with Gasteiger partial charge in [0, 0.05) is 19.1 Å². The predicted molar refractivity (Wildman–Crippen MR) is 56.6 cm³/mol. The Labute approximate surface area is 92.8 Å². The molecule has 2 rings (SSSR count). The van der Waals surface area contributed by atoms with Gasteiger partial charge in [0.05, 0.1) is 0 Å². The summed E-state index contributed by atoms with van der Waals surface area (Å²) in [6, 6.07) is 5.36. The van der Waals surface area contributed by atoms with Gasteiger partial charge in [-0.25, -0.2) is 9.18 Å². The summed E-state index contributed by atoms with van der Waals surface area (Å²) in [5, 5.41) is 0. The second kappa shape index (κ2) is 4.49. The number of ether oxygens (including phenoxy) is 1. The molecule has 1 atom stereocenters. The number of carbonyl (C=O) groups is 1. The number of halogens is 1. The van der Waals surface area contributed by atoms with Crippen LogP contribution in [0.1, 0.15) is 6.42 Å². The van der Waals surface area contributed by atoms with E-state index in [2.05, 4.69) is 0 Å². The standard InChI is InChI=1S/C11H13FN2O2/c12-8-1-3-10(4-2-8)16-11(15)14-6-5-9(13)7-14/h1-4,9H,5-7,13H2. The fraction of sp³-hybridized carbons (Fsp3) is 0.364. The lowest BCUT2D eigenvalue weighted by Crippen LogP contribution is -2.33. The van der Waals surface area contributed by atoms with Gasteiger partial charge in [-0.1, -0.05) is 0 Å². The molecule has 1 amide bonds. The third-order valence-electron chi connectivity index (χ3n) is 2.50. The fourth-order valence-electron chi connectivity index (χ4n) is 1.62. The fourth-order valence-corrected chi connectivity index (χ4v) is 1.62. The Hall–Kier alpha value is -1.62. The van der Waals surface area contributed by atoms with Crippen LogP contribution in [0.25, 0.3) is 0 Å². The van der Waals surface area contributed by atoms with Gasteiger partial charge < -0.3 is 15.4 Å². The number of likely N-dealkylation sites (tertiary alicyclic amines) is 1. The van der Waals surface area contributed by atoms with E-state index in [1.807, 2.05) is 0 Å². The maximum atomic E-state index is 12.6. The molecule has 0 spiro atoms. The van der Waals surface area contributed by atoms with Crippen molar-refractivity contribution in [1.82, 2.24) is 4.90 Å². The van der Waals surface area contributed by atoms with Crippen LogP contribution in [0.3, 0.4) is 0 Å². The van der Waals surface area contributed by atoms with Crippen molar-refractivity contribution in [3.63, 3.8) is 0 Å². The highest BCUT2D eigenvalue weighted by Gasteiger charge is 2.24. The summed E-state index contributed by atoms with van der Waals surface area (Å²) >= 11 is 0. The van der Waals surface area contributed by atoms with Crippen molar-refractivity contribution in [2.45, 2.75) is 12.5 Å². The molecule has 16 heavy (non-hydrogen) atoms. The smallest absolute Gasteiger partial charge is 0.410 e. The van der Waals surface area contributed by atoms with Crippen LogP contribution in [0.5, 0.6) is 5.75 Å². The highest BCUT2D eigenvalue weighted by molar-refractivity contribution is 5.71. The molecule has 0 bridgehead atoms. The minimum atomic E-state index is -0.431. The van der Waals surface area contributed by atoms with Crippen molar-refractivity contribution >= 4 is 6.09 Å². The Bertz CT molecular complexity index is 380. The third-order valence-corrected chi connectivity index (χ3v) is 2.50. The molecular formula is C11H13FN2O2. The highest BCUT2D eigenvalue weighted by Crippen LogP contribution is 2.14. The Morgan fingerprint density at radius 3 is 2.69 bits per heavy atom. The number of hydrogen-bond donors (Lipinski definition) is 1. The van der Waals surface area contributed by atoms with Gasteiger partial charge in [-0.15, -0.1) is 0 Å². The molecule has 86 valence electrons. The van der Waals surface area contributed by atoms with Crippen LogP contribution in [0.15, 0.2) is 24.3 Å². The molecule has 4 nitrogen and oxygen atoms in total. The summed E-state index contributed by atoms with van der Waals surface area (Å²) in [4.78, 5) is 13.1. The van der Waals surface area contributed by atoms with Gasteiger partial charge in [0.1, 0.15) is 11.6 Å². The van der Waals surface area contributed by atoms with E-state index in [1.54, 1.807) is 4.90 Å². The number of rotatable bonds is 1. The molecule has 1 aromatic rings. The van der Waals surface area contributed by atoms with Crippen LogP contribution in [-0.2, 0) is 0 Å². The Morgan fingerprint density at radius 1 is 1.44 bits per heavy atom. The van der Waals surface area contributed by atoms with Crippen LogP contribution in [-0.4, -0.2) is 30.1 Å². The van der Waals surface area contributed by atoms with Gasteiger partial charge >= 0.3 is 6.09 Å². The van der Waals surface area contributed by atoms with E-state index in [0.717, 1.165) is 6.42 Å². The number of carbonyl (C=O) groups excluding carboxylic acids is 1. The Kier molecular flexibility index (Phi) is 3.05. The second-order valence-electron chi connectivity index (χ2n) is 3.82. The minimum absolute atomic E-state index is 0.0285. The zero-order valence-electron chi connectivity index (χ0n) is 8.73. The van der Waals surface area contributed by atoms with Gasteiger partial charge in [-0.3, -0.25) is 0 Å². The summed E-state index contributed by atoms with van der Waals surface area (Å²) in [6.45, 7) is 1.13. The van der Waals surface area contributed by atoms with Crippen molar-refractivity contribution in [1.29, 1.82) is 0 Å². The van der Waals surface area contributed by atoms with Crippen LogP contribution in [0.2, 0.25) is 0 Å². The van der Waals surface area contributed by atoms with Gasteiger partial charge in [0.2, 0.25) is 0 Å². The number of nitrogens with zero attached hydrogens (tertiary/aromatic N) is 1. The average molecular weight is 224 g/mol. The van der Waals surface area contributed by atoms with Crippen molar-refractivity contribution in [3.05, 3.63) is 30.1 Å². The quantitative estimate of drug-likeness (QED) is 0.783. The molecule has 0 aromatic heterocycles. The van der Waals surface area contributed by atoms with Crippen LogP contribution >= 0.6 is 0 Å². The lowest BCUT2D eigenvalue weighted by Gasteiger charge is -2.15.